The van der Waals surface area contributed by atoms with Gasteiger partial charge in [-0.2, -0.15) is 0 Å². The summed E-state index contributed by atoms with van der Waals surface area (Å²) in [6.07, 6.45) is 7.53. The van der Waals surface area contributed by atoms with Gasteiger partial charge in [0.2, 0.25) is 0 Å². The number of aliphatic hydroxyl groups is 1. The van der Waals surface area contributed by atoms with E-state index in [0.717, 1.165) is 0 Å². The molecule has 0 radical (unpaired) electrons. The van der Waals surface area contributed by atoms with Gasteiger partial charge in [-0.1, -0.05) is 6.42 Å². The number of hydrogen-bond donors (Lipinski definition) is 2. The van der Waals surface area contributed by atoms with Crippen LogP contribution >= 0.6 is 11.3 Å². The monoisotopic (exact) mass is 251 g/mol. The highest BCUT2D eigenvalue weighted by Gasteiger charge is 2.30. The number of aliphatic hydroxyl groups excluding tert-OH is 1. The van der Waals surface area contributed by atoms with Crippen LogP contribution in [-0.4, -0.2) is 17.8 Å². The topological polar surface area (TPSA) is 32.3 Å². The van der Waals surface area contributed by atoms with Crippen LogP contribution in [0.5, 0.6) is 0 Å². The molecule has 0 bridgehead atoms. The number of thiophene rings is 1. The van der Waals surface area contributed by atoms with Gasteiger partial charge >= 0.3 is 0 Å². The molecule has 3 rings (SSSR count). The molecular weight excluding hydrogens is 230 g/mol. The van der Waals surface area contributed by atoms with Gasteiger partial charge in [0.25, 0.3) is 0 Å². The van der Waals surface area contributed by atoms with Gasteiger partial charge in [0.15, 0.2) is 0 Å². The third-order valence-corrected chi connectivity index (χ3v) is 5.36. The zero-order valence-electron chi connectivity index (χ0n) is 10.2. The fraction of sp³-hybridized carbons (Fsp3) is 0.714. The predicted molar refractivity (Wildman–Crippen MR) is 71.3 cm³/mol. The summed E-state index contributed by atoms with van der Waals surface area (Å²) >= 11 is 1.90. The van der Waals surface area contributed by atoms with Crippen molar-refractivity contribution in [2.24, 2.45) is 5.92 Å². The Morgan fingerprint density at radius 3 is 3.12 bits per heavy atom. The molecular formula is C14H21NOS. The summed E-state index contributed by atoms with van der Waals surface area (Å²) in [5.74, 6) is 0.485. The van der Waals surface area contributed by atoms with E-state index in [4.69, 9.17) is 0 Å². The van der Waals surface area contributed by atoms with Crippen LogP contribution in [0.15, 0.2) is 11.4 Å². The highest BCUT2D eigenvalue weighted by atomic mass is 32.1. The average Bonchev–Trinajstić information content (AvgIpc) is 2.97. The summed E-state index contributed by atoms with van der Waals surface area (Å²) in [7, 11) is 0. The summed E-state index contributed by atoms with van der Waals surface area (Å²) in [4.78, 5) is 1.58. The molecule has 1 aromatic heterocycles. The van der Waals surface area contributed by atoms with Crippen LogP contribution in [0.4, 0.5) is 0 Å². The van der Waals surface area contributed by atoms with Crippen LogP contribution in [0.3, 0.4) is 0 Å². The Kier molecular flexibility index (Phi) is 3.50. The van der Waals surface area contributed by atoms with Gasteiger partial charge < -0.3 is 10.4 Å². The minimum Gasteiger partial charge on any atom is -0.396 e. The van der Waals surface area contributed by atoms with Gasteiger partial charge in [0, 0.05) is 23.6 Å². The standard InChI is InChI=1S/C14H21NOS/c16-9-10-3-1-4-12(10)15-13-5-2-6-14-11(13)7-8-17-14/h7-8,10,12-13,15-16H,1-6,9H2. The van der Waals surface area contributed by atoms with Crippen LogP contribution in [0, 0.1) is 5.92 Å². The quantitative estimate of drug-likeness (QED) is 0.866. The Bertz CT molecular complexity index is 376. The molecule has 1 fully saturated rings. The van der Waals surface area contributed by atoms with Crippen molar-refractivity contribution in [3.05, 3.63) is 21.9 Å². The summed E-state index contributed by atoms with van der Waals surface area (Å²) in [6, 6.07) is 3.37. The van der Waals surface area contributed by atoms with Crippen molar-refractivity contribution in [2.75, 3.05) is 6.61 Å². The summed E-state index contributed by atoms with van der Waals surface area (Å²) in [5.41, 5.74) is 1.53. The largest absolute Gasteiger partial charge is 0.396 e. The van der Waals surface area contributed by atoms with Gasteiger partial charge in [-0.25, -0.2) is 0 Å². The average molecular weight is 251 g/mol. The normalized spacial score (nSPS) is 32.6. The molecule has 2 aliphatic carbocycles. The van der Waals surface area contributed by atoms with Crippen molar-refractivity contribution < 1.29 is 5.11 Å². The molecule has 0 amide bonds. The van der Waals surface area contributed by atoms with E-state index in [-0.39, 0.29) is 0 Å². The first-order chi connectivity index (χ1) is 8.38. The number of hydrogen-bond acceptors (Lipinski definition) is 3. The molecule has 0 saturated heterocycles. The van der Waals surface area contributed by atoms with E-state index in [0.29, 0.717) is 24.6 Å². The van der Waals surface area contributed by atoms with Crippen molar-refractivity contribution in [3.63, 3.8) is 0 Å². The molecule has 2 aliphatic rings. The van der Waals surface area contributed by atoms with E-state index < -0.39 is 0 Å². The maximum Gasteiger partial charge on any atom is 0.0474 e. The van der Waals surface area contributed by atoms with Crippen molar-refractivity contribution in [1.29, 1.82) is 0 Å². The molecule has 3 heteroatoms. The zero-order chi connectivity index (χ0) is 11.7. The number of nitrogens with one attached hydrogen (secondary N) is 1. The Morgan fingerprint density at radius 1 is 1.29 bits per heavy atom. The van der Waals surface area contributed by atoms with Gasteiger partial charge in [-0.15, -0.1) is 11.3 Å². The highest BCUT2D eigenvalue weighted by Crippen LogP contribution is 2.35. The molecule has 94 valence electrons. The van der Waals surface area contributed by atoms with Crippen LogP contribution in [-0.2, 0) is 6.42 Å². The second kappa shape index (κ2) is 5.09. The lowest BCUT2D eigenvalue weighted by molar-refractivity contribution is 0.197. The van der Waals surface area contributed by atoms with Crippen LogP contribution in [0.1, 0.15) is 48.6 Å². The SMILES string of the molecule is OCC1CCCC1NC1CCCc2sccc21. The smallest absolute Gasteiger partial charge is 0.0474 e. The molecule has 17 heavy (non-hydrogen) atoms. The lowest BCUT2D eigenvalue weighted by Gasteiger charge is -2.29. The molecule has 1 saturated carbocycles. The summed E-state index contributed by atoms with van der Waals surface area (Å²) in [5, 5.41) is 15.4. The Balaban J connectivity index is 1.70. The van der Waals surface area contributed by atoms with E-state index in [9.17, 15) is 5.11 Å². The van der Waals surface area contributed by atoms with Crippen molar-refractivity contribution in [3.8, 4) is 0 Å². The number of aryl methyl sites for hydroxylation is 1. The first-order valence-electron chi connectivity index (χ1n) is 6.81. The third kappa shape index (κ3) is 2.28. The molecule has 3 unspecified atom stereocenters. The van der Waals surface area contributed by atoms with Crippen LogP contribution in [0.2, 0.25) is 0 Å². The van der Waals surface area contributed by atoms with Gasteiger partial charge in [-0.3, -0.25) is 0 Å². The predicted octanol–water partition coefficient (Wildman–Crippen LogP) is 2.88. The number of rotatable bonds is 3. The first kappa shape index (κ1) is 11.7. The van der Waals surface area contributed by atoms with E-state index in [1.165, 1.54) is 44.1 Å². The zero-order valence-corrected chi connectivity index (χ0v) is 11.0. The molecule has 3 atom stereocenters. The molecule has 1 aromatic rings. The lowest BCUT2D eigenvalue weighted by atomic mass is 9.92. The number of fused-ring (bicyclic) bond motifs is 1. The molecule has 0 aliphatic heterocycles. The Labute approximate surface area is 107 Å². The third-order valence-electron chi connectivity index (χ3n) is 4.36. The molecule has 1 heterocycles. The summed E-state index contributed by atoms with van der Waals surface area (Å²) < 4.78 is 0. The maximum absolute atomic E-state index is 9.38. The second-order valence-electron chi connectivity index (χ2n) is 5.39. The fourth-order valence-electron chi connectivity index (χ4n) is 3.39. The van der Waals surface area contributed by atoms with Gasteiger partial charge in [0.1, 0.15) is 0 Å². The first-order valence-corrected chi connectivity index (χ1v) is 7.69. The van der Waals surface area contributed by atoms with E-state index in [1.807, 2.05) is 11.3 Å². The minimum atomic E-state index is 0.348. The van der Waals surface area contributed by atoms with Crippen molar-refractivity contribution >= 4 is 11.3 Å². The highest BCUT2D eigenvalue weighted by molar-refractivity contribution is 7.10. The van der Waals surface area contributed by atoms with Crippen LogP contribution in [0.25, 0.3) is 0 Å². The minimum absolute atomic E-state index is 0.348. The van der Waals surface area contributed by atoms with Gasteiger partial charge in [-0.05, 0) is 55.0 Å². The Morgan fingerprint density at radius 2 is 2.24 bits per heavy atom. The van der Waals surface area contributed by atoms with Gasteiger partial charge in [0.05, 0.1) is 0 Å². The molecule has 2 N–H and O–H groups in total. The summed E-state index contributed by atoms with van der Waals surface area (Å²) in [6.45, 7) is 0.348. The Hall–Kier alpha value is -0.380. The lowest BCUT2D eigenvalue weighted by Crippen LogP contribution is -2.37. The maximum atomic E-state index is 9.38. The molecule has 2 nitrogen and oxygen atoms in total. The van der Waals surface area contributed by atoms with Crippen LogP contribution < -0.4 is 5.32 Å². The van der Waals surface area contributed by atoms with E-state index >= 15 is 0 Å². The fourth-order valence-corrected chi connectivity index (χ4v) is 4.38. The molecule has 0 aromatic carbocycles. The van der Waals surface area contributed by atoms with E-state index in [2.05, 4.69) is 16.8 Å². The molecule has 0 spiro atoms. The van der Waals surface area contributed by atoms with Crippen molar-refractivity contribution in [1.82, 2.24) is 5.32 Å². The second-order valence-corrected chi connectivity index (χ2v) is 6.39. The van der Waals surface area contributed by atoms with E-state index in [1.54, 1.807) is 4.88 Å². The van der Waals surface area contributed by atoms with Crippen molar-refractivity contribution in [2.45, 2.75) is 50.6 Å².